The maximum Gasteiger partial charge on any atom is 0.263 e. The Morgan fingerprint density at radius 3 is 2.53 bits per heavy atom. The van der Waals surface area contributed by atoms with E-state index in [0.29, 0.717) is 21.4 Å². The summed E-state index contributed by atoms with van der Waals surface area (Å²) >= 11 is 6.46. The summed E-state index contributed by atoms with van der Waals surface area (Å²) < 4.78 is 36.6. The Bertz CT molecular complexity index is 1380. The fourth-order valence-corrected chi connectivity index (χ4v) is 5.07. The second-order valence-corrected chi connectivity index (χ2v) is 10.4. The molecular weight excluding hydrogens is 494 g/mol. The summed E-state index contributed by atoms with van der Waals surface area (Å²) in [5.41, 5.74) is 1.93. The zero-order valence-electron chi connectivity index (χ0n) is 18.0. The Hall–Kier alpha value is -3.42. The van der Waals surface area contributed by atoms with Crippen molar-refractivity contribution in [3.8, 4) is 0 Å². The first-order valence-corrected chi connectivity index (χ1v) is 12.6. The molecule has 2 aromatic carbocycles. The van der Waals surface area contributed by atoms with E-state index in [9.17, 15) is 8.42 Å². The summed E-state index contributed by atoms with van der Waals surface area (Å²) in [6.45, 7) is 3.48. The summed E-state index contributed by atoms with van der Waals surface area (Å²) in [6.07, 6.45) is 0. The molecule has 10 nitrogen and oxygen atoms in total. The van der Waals surface area contributed by atoms with Gasteiger partial charge in [-0.25, -0.2) is 13.4 Å². The normalized spacial score (nSPS) is 16.2. The minimum absolute atomic E-state index is 0.0440. The average Bonchev–Trinajstić information content (AvgIpc) is 3.35. The third kappa shape index (κ3) is 5.21. The van der Waals surface area contributed by atoms with Gasteiger partial charge in [0.15, 0.2) is 5.82 Å². The van der Waals surface area contributed by atoms with Crippen LogP contribution in [0.1, 0.15) is 12.7 Å². The van der Waals surface area contributed by atoms with Gasteiger partial charge in [-0.15, -0.1) is 9.63 Å². The van der Waals surface area contributed by atoms with Crippen molar-refractivity contribution in [3.05, 3.63) is 66.4 Å². The van der Waals surface area contributed by atoms with Crippen LogP contribution in [0.2, 0.25) is 0 Å². The van der Waals surface area contributed by atoms with Crippen LogP contribution in [-0.4, -0.2) is 29.3 Å². The maximum absolute atomic E-state index is 12.5. The molecule has 1 unspecified atom stereocenters. The number of amidine groups is 1. The number of sulfonamides is 1. The number of nitrogens with zero attached hydrogens (tertiary/aromatic N) is 5. The molecule has 174 valence electrons. The van der Waals surface area contributed by atoms with Gasteiger partial charge in [0.1, 0.15) is 17.5 Å². The van der Waals surface area contributed by atoms with Gasteiger partial charge in [0, 0.05) is 18.0 Å². The molecule has 34 heavy (non-hydrogen) atoms. The number of aromatic nitrogens is 1. The number of para-hydroxylation sites is 1. The van der Waals surface area contributed by atoms with E-state index in [1.54, 1.807) is 11.9 Å². The highest BCUT2D eigenvalue weighted by molar-refractivity contribution is 8.22. The second-order valence-electron chi connectivity index (χ2n) is 7.22. The van der Waals surface area contributed by atoms with E-state index in [4.69, 9.17) is 22.2 Å². The summed E-state index contributed by atoms with van der Waals surface area (Å²) in [5.74, 6) is 0.387. The van der Waals surface area contributed by atoms with Crippen molar-refractivity contribution in [2.24, 2.45) is 20.7 Å². The van der Waals surface area contributed by atoms with Crippen LogP contribution >= 0.6 is 24.2 Å². The number of thiocarbonyl (C=S) groups is 1. The highest BCUT2D eigenvalue weighted by Gasteiger charge is 2.34. The first kappa shape index (κ1) is 23.7. The van der Waals surface area contributed by atoms with Gasteiger partial charge in [0.2, 0.25) is 0 Å². The quantitative estimate of drug-likeness (QED) is 0.247. The summed E-state index contributed by atoms with van der Waals surface area (Å²) in [5, 5.41) is 22.2. The Balaban J connectivity index is 1.37. The Labute approximate surface area is 205 Å². The summed E-state index contributed by atoms with van der Waals surface area (Å²) in [4.78, 5) is 0.0440. The zero-order chi connectivity index (χ0) is 24.3. The number of hydrogen-bond donors (Lipinski definition) is 2. The predicted molar refractivity (Wildman–Crippen MR) is 136 cm³/mol. The van der Waals surface area contributed by atoms with E-state index in [0.717, 1.165) is 17.6 Å². The molecule has 2 heterocycles. The highest BCUT2D eigenvalue weighted by atomic mass is 32.2. The van der Waals surface area contributed by atoms with Gasteiger partial charge in [-0.05, 0) is 50.2 Å². The number of benzene rings is 2. The first-order chi connectivity index (χ1) is 16.2. The lowest BCUT2D eigenvalue weighted by molar-refractivity contribution is 0.400. The number of rotatable bonds is 7. The van der Waals surface area contributed by atoms with Crippen LogP contribution in [0.4, 0.5) is 17.2 Å². The fraction of sp³-hybridized carbons (Fsp3) is 0.143. The number of nitrogens with one attached hydrogen (secondary N) is 2. The molecular formula is C21H19N7O3S3. The molecule has 4 rings (SSSR count). The minimum atomic E-state index is -3.81. The van der Waals surface area contributed by atoms with Crippen LogP contribution in [0, 0.1) is 18.3 Å². The SMILES string of the molecule is CC1=NN(c2ccccc2)C(=N)C1C(=S)SN=Nc1ccc(S(=O)(=O)Nc2cc(C)on2)cc1. The molecule has 1 aromatic heterocycles. The predicted octanol–water partition coefficient (Wildman–Crippen LogP) is 5.33. The first-order valence-electron chi connectivity index (χ1n) is 9.91. The van der Waals surface area contributed by atoms with Crippen LogP contribution in [0.15, 0.2) is 84.8 Å². The van der Waals surface area contributed by atoms with E-state index < -0.39 is 15.9 Å². The maximum atomic E-state index is 12.5. The van der Waals surface area contributed by atoms with E-state index in [1.165, 1.54) is 30.3 Å². The van der Waals surface area contributed by atoms with Gasteiger partial charge in [0.05, 0.1) is 26.2 Å². The zero-order valence-corrected chi connectivity index (χ0v) is 20.5. The summed E-state index contributed by atoms with van der Waals surface area (Å²) in [7, 11) is -3.81. The number of aryl methyl sites for hydroxylation is 1. The molecule has 1 aliphatic rings. The van der Waals surface area contributed by atoms with Crippen molar-refractivity contribution in [1.29, 1.82) is 5.41 Å². The molecule has 1 atom stereocenters. The Morgan fingerprint density at radius 1 is 1.18 bits per heavy atom. The number of hydrazone groups is 1. The Morgan fingerprint density at radius 2 is 1.88 bits per heavy atom. The summed E-state index contributed by atoms with van der Waals surface area (Å²) in [6, 6.07) is 16.7. The van der Waals surface area contributed by atoms with E-state index in [2.05, 4.69) is 24.6 Å². The van der Waals surface area contributed by atoms with Crippen molar-refractivity contribution in [3.63, 3.8) is 0 Å². The van der Waals surface area contributed by atoms with Crippen molar-refractivity contribution >= 4 is 67.1 Å². The lowest BCUT2D eigenvalue weighted by Gasteiger charge is -2.16. The van der Waals surface area contributed by atoms with Crippen LogP contribution in [0.25, 0.3) is 0 Å². The molecule has 1 aliphatic heterocycles. The molecule has 0 amide bonds. The van der Waals surface area contributed by atoms with Crippen molar-refractivity contribution < 1.29 is 12.9 Å². The van der Waals surface area contributed by atoms with Crippen molar-refractivity contribution in [1.82, 2.24) is 5.16 Å². The third-order valence-electron chi connectivity index (χ3n) is 4.71. The minimum Gasteiger partial charge on any atom is -0.360 e. The average molecular weight is 514 g/mol. The Kier molecular flexibility index (Phi) is 6.86. The van der Waals surface area contributed by atoms with Gasteiger partial charge < -0.3 is 4.52 Å². The molecule has 0 radical (unpaired) electrons. The highest BCUT2D eigenvalue weighted by Crippen LogP contribution is 2.29. The number of anilines is 2. The fourth-order valence-electron chi connectivity index (χ4n) is 3.10. The van der Waals surface area contributed by atoms with Crippen molar-refractivity contribution in [2.75, 3.05) is 9.73 Å². The molecule has 3 aromatic rings. The van der Waals surface area contributed by atoms with Gasteiger partial charge >= 0.3 is 0 Å². The lowest BCUT2D eigenvalue weighted by Crippen LogP contribution is -2.29. The second kappa shape index (κ2) is 9.83. The largest absolute Gasteiger partial charge is 0.360 e. The van der Waals surface area contributed by atoms with Gasteiger partial charge in [-0.3, -0.25) is 10.1 Å². The van der Waals surface area contributed by atoms with E-state index >= 15 is 0 Å². The van der Waals surface area contributed by atoms with Crippen LogP contribution in [0.5, 0.6) is 0 Å². The van der Waals surface area contributed by atoms with Crippen molar-refractivity contribution in [2.45, 2.75) is 18.7 Å². The van der Waals surface area contributed by atoms with Crippen LogP contribution < -0.4 is 9.73 Å². The molecule has 0 saturated carbocycles. The van der Waals surface area contributed by atoms with E-state index in [1.807, 2.05) is 37.3 Å². The third-order valence-corrected chi connectivity index (χ3v) is 7.12. The molecule has 0 fully saturated rings. The van der Waals surface area contributed by atoms with Gasteiger partial charge in [-0.1, -0.05) is 35.6 Å². The van der Waals surface area contributed by atoms with Crippen LogP contribution in [0.3, 0.4) is 0 Å². The molecule has 13 heteroatoms. The molecule has 0 saturated heterocycles. The van der Waals surface area contributed by atoms with Crippen LogP contribution in [-0.2, 0) is 10.0 Å². The van der Waals surface area contributed by atoms with Gasteiger partial charge in [0.25, 0.3) is 10.0 Å². The lowest BCUT2D eigenvalue weighted by atomic mass is 10.1. The topological polar surface area (TPSA) is 136 Å². The monoisotopic (exact) mass is 513 g/mol. The standard InChI is InChI=1S/C21H19N7O3S3/c1-13-12-18(25-31-13)26-34(29,30)17-10-8-15(9-11-17)23-27-33-21(32)19-14(2)24-28(20(19)22)16-6-4-3-5-7-16/h3-12,19,22H,1-2H3,(H,25,26). The van der Waals surface area contributed by atoms with E-state index in [-0.39, 0.29) is 16.5 Å². The molecule has 0 bridgehead atoms. The molecule has 0 aliphatic carbocycles. The smallest absolute Gasteiger partial charge is 0.263 e. The molecule has 0 spiro atoms. The number of hydrogen-bond acceptors (Lipinski definition) is 10. The molecule has 2 N–H and O–H groups in total. The van der Waals surface area contributed by atoms with Gasteiger partial charge in [-0.2, -0.15) is 5.10 Å².